The van der Waals surface area contributed by atoms with E-state index in [0.717, 1.165) is 19.3 Å². The Morgan fingerprint density at radius 3 is 2.36 bits per heavy atom. The molecule has 0 spiro atoms. The minimum absolute atomic E-state index is 0.0196. The molecule has 1 rings (SSSR count). The average molecular weight is 331 g/mol. The van der Waals surface area contributed by atoms with Crippen LogP contribution < -0.4 is 0 Å². The summed E-state index contributed by atoms with van der Waals surface area (Å²) in [4.78, 5) is 0. The van der Waals surface area contributed by atoms with E-state index < -0.39 is 8.32 Å². The van der Waals surface area contributed by atoms with Crippen LogP contribution in [0, 0.1) is 0 Å². The second-order valence-corrected chi connectivity index (χ2v) is 13.1. The summed E-state index contributed by atoms with van der Waals surface area (Å²) in [5.41, 5.74) is 0. The zero-order valence-corrected chi connectivity index (χ0v) is 16.7. The molecule has 1 aliphatic rings. The van der Waals surface area contributed by atoms with Gasteiger partial charge in [-0.05, 0) is 37.4 Å². The number of hydrogen-bond acceptors (Lipinski definition) is 3. The Labute approximate surface area is 138 Å². The summed E-state index contributed by atoms with van der Waals surface area (Å²) in [7, 11) is -1.78. The van der Waals surface area contributed by atoms with Gasteiger partial charge in [-0.25, -0.2) is 0 Å². The normalized spacial score (nSPS) is 24.7. The van der Waals surface area contributed by atoms with E-state index in [9.17, 15) is 5.11 Å². The first-order chi connectivity index (χ1) is 10.2. The third kappa shape index (κ3) is 5.95. The van der Waals surface area contributed by atoms with Gasteiger partial charge >= 0.3 is 0 Å². The molecular formula is C18H38O3Si. The molecule has 3 nitrogen and oxygen atoms in total. The number of aliphatic hydroxyl groups is 1. The van der Waals surface area contributed by atoms with Crippen molar-refractivity contribution in [3.8, 4) is 0 Å². The van der Waals surface area contributed by atoms with E-state index in [0.29, 0.717) is 0 Å². The SMILES string of the molecule is CCCCCC[C@@H](O[Si](C)(C)C(C)(C)C)[C@H]1CC[C@H](CO)O1. The molecule has 0 aromatic heterocycles. The van der Waals surface area contributed by atoms with Gasteiger partial charge in [-0.1, -0.05) is 53.4 Å². The Bertz CT molecular complexity index is 312. The van der Waals surface area contributed by atoms with Crippen LogP contribution in [0.3, 0.4) is 0 Å². The molecule has 1 fully saturated rings. The molecule has 1 heterocycles. The lowest BCUT2D eigenvalue weighted by molar-refractivity contribution is -0.0468. The predicted molar refractivity (Wildman–Crippen MR) is 95.8 cm³/mol. The van der Waals surface area contributed by atoms with Gasteiger partial charge in [-0.3, -0.25) is 0 Å². The lowest BCUT2D eigenvalue weighted by Gasteiger charge is -2.41. The lowest BCUT2D eigenvalue weighted by Crippen LogP contribution is -2.47. The van der Waals surface area contributed by atoms with Crippen molar-refractivity contribution >= 4 is 8.32 Å². The average Bonchev–Trinajstić information content (AvgIpc) is 2.89. The summed E-state index contributed by atoms with van der Waals surface area (Å²) >= 11 is 0. The zero-order valence-electron chi connectivity index (χ0n) is 15.7. The molecule has 0 saturated carbocycles. The topological polar surface area (TPSA) is 38.7 Å². The molecule has 3 atom stereocenters. The monoisotopic (exact) mass is 330 g/mol. The maximum absolute atomic E-state index is 9.32. The Hall–Kier alpha value is 0.0969. The van der Waals surface area contributed by atoms with Crippen molar-refractivity contribution in [2.45, 2.75) is 109 Å². The van der Waals surface area contributed by atoms with Gasteiger partial charge < -0.3 is 14.3 Å². The molecule has 22 heavy (non-hydrogen) atoms. The maximum atomic E-state index is 9.32. The van der Waals surface area contributed by atoms with E-state index in [1.54, 1.807) is 0 Å². The Morgan fingerprint density at radius 1 is 1.18 bits per heavy atom. The van der Waals surface area contributed by atoms with Crippen molar-refractivity contribution in [2.24, 2.45) is 0 Å². The first kappa shape index (κ1) is 20.1. The highest BCUT2D eigenvalue weighted by molar-refractivity contribution is 6.74. The summed E-state index contributed by atoms with van der Waals surface area (Å²) in [5, 5.41) is 9.54. The van der Waals surface area contributed by atoms with Crippen molar-refractivity contribution in [3.63, 3.8) is 0 Å². The highest BCUT2D eigenvalue weighted by atomic mass is 28.4. The van der Waals surface area contributed by atoms with Gasteiger partial charge in [0.15, 0.2) is 8.32 Å². The number of aliphatic hydroxyl groups excluding tert-OH is 1. The highest BCUT2D eigenvalue weighted by Crippen LogP contribution is 2.39. The van der Waals surface area contributed by atoms with Crippen LogP contribution in [-0.4, -0.2) is 38.3 Å². The van der Waals surface area contributed by atoms with Gasteiger partial charge in [0.25, 0.3) is 0 Å². The van der Waals surface area contributed by atoms with Crippen molar-refractivity contribution in [3.05, 3.63) is 0 Å². The van der Waals surface area contributed by atoms with E-state index in [-0.39, 0.29) is 30.0 Å². The quantitative estimate of drug-likeness (QED) is 0.483. The number of ether oxygens (including phenoxy) is 1. The fourth-order valence-corrected chi connectivity index (χ4v) is 4.17. The summed E-state index contributed by atoms with van der Waals surface area (Å²) in [6, 6.07) is 0. The minimum atomic E-state index is -1.78. The maximum Gasteiger partial charge on any atom is 0.192 e. The Balaban J connectivity index is 2.65. The van der Waals surface area contributed by atoms with Gasteiger partial charge in [0.2, 0.25) is 0 Å². The first-order valence-corrected chi connectivity index (χ1v) is 12.1. The standard InChI is InChI=1S/C18H38O3Si/c1-7-8-9-10-11-17(16-13-12-15(14-19)20-16)21-22(5,6)18(2,3)4/h15-17,19H,7-14H2,1-6H3/t15-,16-,17-/m1/s1. The fourth-order valence-electron chi connectivity index (χ4n) is 2.79. The fraction of sp³-hybridized carbons (Fsp3) is 1.00. The second kappa shape index (κ2) is 8.81. The van der Waals surface area contributed by atoms with Gasteiger partial charge in [0.1, 0.15) is 0 Å². The largest absolute Gasteiger partial charge is 0.411 e. The molecule has 132 valence electrons. The third-order valence-corrected chi connectivity index (χ3v) is 9.86. The van der Waals surface area contributed by atoms with E-state index in [2.05, 4.69) is 40.8 Å². The van der Waals surface area contributed by atoms with E-state index in [1.807, 2.05) is 0 Å². The van der Waals surface area contributed by atoms with Gasteiger partial charge in [0.05, 0.1) is 24.9 Å². The van der Waals surface area contributed by atoms with Crippen LogP contribution in [0.15, 0.2) is 0 Å². The van der Waals surface area contributed by atoms with E-state index in [1.165, 1.54) is 25.7 Å². The van der Waals surface area contributed by atoms with Crippen LogP contribution in [0.5, 0.6) is 0 Å². The summed E-state index contributed by atoms with van der Waals surface area (Å²) < 4.78 is 12.7. The predicted octanol–water partition coefficient (Wildman–Crippen LogP) is 4.89. The van der Waals surface area contributed by atoms with Gasteiger partial charge in [0, 0.05) is 0 Å². The van der Waals surface area contributed by atoms with E-state index >= 15 is 0 Å². The van der Waals surface area contributed by atoms with Crippen molar-refractivity contribution in [1.29, 1.82) is 0 Å². The number of unbranched alkanes of at least 4 members (excludes halogenated alkanes) is 3. The van der Waals surface area contributed by atoms with Crippen LogP contribution in [0.2, 0.25) is 18.1 Å². The molecule has 0 aliphatic carbocycles. The molecule has 1 aliphatic heterocycles. The van der Waals surface area contributed by atoms with Crippen LogP contribution in [0.25, 0.3) is 0 Å². The smallest absolute Gasteiger partial charge is 0.192 e. The molecule has 0 aromatic carbocycles. The molecule has 0 radical (unpaired) electrons. The van der Waals surface area contributed by atoms with Gasteiger partial charge in [-0.15, -0.1) is 0 Å². The van der Waals surface area contributed by atoms with Crippen LogP contribution in [0.4, 0.5) is 0 Å². The zero-order chi connectivity index (χ0) is 16.8. The summed E-state index contributed by atoms with van der Waals surface area (Å²) in [6.45, 7) is 13.9. The summed E-state index contributed by atoms with van der Waals surface area (Å²) in [5.74, 6) is 0. The second-order valence-electron chi connectivity index (χ2n) is 8.32. The van der Waals surface area contributed by atoms with Crippen molar-refractivity contribution in [2.75, 3.05) is 6.61 Å². The summed E-state index contributed by atoms with van der Waals surface area (Å²) in [6.07, 6.45) is 8.55. The molecule has 0 amide bonds. The van der Waals surface area contributed by atoms with Crippen LogP contribution >= 0.6 is 0 Å². The molecule has 4 heteroatoms. The van der Waals surface area contributed by atoms with Crippen molar-refractivity contribution in [1.82, 2.24) is 0 Å². The van der Waals surface area contributed by atoms with Gasteiger partial charge in [-0.2, -0.15) is 0 Å². The van der Waals surface area contributed by atoms with Crippen LogP contribution in [0.1, 0.15) is 72.6 Å². The third-order valence-electron chi connectivity index (χ3n) is 5.35. The minimum Gasteiger partial charge on any atom is -0.411 e. The number of rotatable bonds is 9. The molecule has 0 aromatic rings. The molecule has 0 bridgehead atoms. The molecule has 1 N–H and O–H groups in total. The van der Waals surface area contributed by atoms with E-state index in [4.69, 9.17) is 9.16 Å². The molecular weight excluding hydrogens is 292 g/mol. The lowest BCUT2D eigenvalue weighted by atomic mass is 10.0. The Kier molecular flexibility index (Phi) is 8.07. The first-order valence-electron chi connectivity index (χ1n) is 9.15. The van der Waals surface area contributed by atoms with Crippen LogP contribution in [-0.2, 0) is 9.16 Å². The number of hydrogen-bond donors (Lipinski definition) is 1. The highest BCUT2D eigenvalue weighted by Gasteiger charge is 2.42. The Morgan fingerprint density at radius 2 is 1.86 bits per heavy atom. The molecule has 0 unspecified atom stereocenters. The molecule has 1 saturated heterocycles. The van der Waals surface area contributed by atoms with Crippen molar-refractivity contribution < 1.29 is 14.3 Å².